The highest BCUT2D eigenvalue weighted by Crippen LogP contribution is 2.37. The van der Waals surface area contributed by atoms with E-state index in [1.54, 1.807) is 12.4 Å². The predicted octanol–water partition coefficient (Wildman–Crippen LogP) is 1.64. The Kier molecular flexibility index (Phi) is 5.71. The van der Waals surface area contributed by atoms with Gasteiger partial charge in [-0.15, -0.1) is 0 Å². The average molecular weight is 382 g/mol. The molecule has 7 heteroatoms. The molecular formula is C21H26N4O3. The zero-order chi connectivity index (χ0) is 19.3. The summed E-state index contributed by atoms with van der Waals surface area (Å²) in [6, 6.07) is 11.1. The number of fused-ring (bicyclic) bond motifs is 1. The van der Waals surface area contributed by atoms with Gasteiger partial charge in [-0.25, -0.2) is 9.97 Å². The van der Waals surface area contributed by atoms with E-state index in [4.69, 9.17) is 4.74 Å². The van der Waals surface area contributed by atoms with Crippen LogP contribution in [0.25, 0.3) is 0 Å². The number of anilines is 1. The van der Waals surface area contributed by atoms with Gasteiger partial charge in [0, 0.05) is 25.5 Å². The van der Waals surface area contributed by atoms with Crippen LogP contribution in [0.4, 0.5) is 5.95 Å². The molecule has 2 fully saturated rings. The van der Waals surface area contributed by atoms with Crippen molar-refractivity contribution in [1.82, 2.24) is 15.3 Å². The van der Waals surface area contributed by atoms with Crippen LogP contribution in [0, 0.1) is 11.8 Å². The minimum Gasteiger partial charge on any atom is -0.493 e. The van der Waals surface area contributed by atoms with Gasteiger partial charge < -0.3 is 20.1 Å². The zero-order valence-electron chi connectivity index (χ0n) is 15.8. The Morgan fingerprint density at radius 1 is 1.11 bits per heavy atom. The van der Waals surface area contributed by atoms with Crippen LogP contribution >= 0.6 is 0 Å². The molecule has 1 saturated carbocycles. The Morgan fingerprint density at radius 2 is 1.82 bits per heavy atom. The molecule has 2 heterocycles. The van der Waals surface area contributed by atoms with Crippen molar-refractivity contribution in [3.63, 3.8) is 0 Å². The van der Waals surface area contributed by atoms with Crippen molar-refractivity contribution in [3.05, 3.63) is 48.8 Å². The maximum atomic E-state index is 12.3. The smallest absolute Gasteiger partial charge is 0.225 e. The molecule has 4 rings (SSSR count). The lowest BCUT2D eigenvalue weighted by molar-refractivity contribution is -0.123. The highest BCUT2D eigenvalue weighted by Gasteiger charge is 2.42. The summed E-state index contributed by atoms with van der Waals surface area (Å²) in [6.45, 7) is 2.05. The minimum atomic E-state index is -0.517. The topological polar surface area (TPSA) is 87.6 Å². The summed E-state index contributed by atoms with van der Waals surface area (Å²) < 4.78 is 5.58. The second kappa shape index (κ2) is 8.56. The quantitative estimate of drug-likeness (QED) is 0.790. The predicted molar refractivity (Wildman–Crippen MR) is 105 cm³/mol. The van der Waals surface area contributed by atoms with Gasteiger partial charge in [0.15, 0.2) is 0 Å². The van der Waals surface area contributed by atoms with Crippen LogP contribution in [-0.2, 0) is 4.79 Å². The highest BCUT2D eigenvalue weighted by molar-refractivity contribution is 5.76. The summed E-state index contributed by atoms with van der Waals surface area (Å²) in [7, 11) is 0. The number of amides is 1. The van der Waals surface area contributed by atoms with Crippen LogP contribution < -0.4 is 15.0 Å². The van der Waals surface area contributed by atoms with E-state index in [9.17, 15) is 9.90 Å². The lowest BCUT2D eigenvalue weighted by Gasteiger charge is -2.35. The van der Waals surface area contributed by atoms with Gasteiger partial charge in [0.1, 0.15) is 5.75 Å². The van der Waals surface area contributed by atoms with Crippen molar-refractivity contribution in [2.24, 2.45) is 11.8 Å². The van der Waals surface area contributed by atoms with Crippen molar-refractivity contribution in [2.75, 3.05) is 24.6 Å². The van der Waals surface area contributed by atoms with E-state index in [1.165, 1.54) is 0 Å². The van der Waals surface area contributed by atoms with Gasteiger partial charge in [-0.1, -0.05) is 18.2 Å². The minimum absolute atomic E-state index is 0.0836. The number of aromatic nitrogens is 2. The fourth-order valence-electron chi connectivity index (χ4n) is 4.26. The number of carbonyl (C=O) groups is 1. The summed E-state index contributed by atoms with van der Waals surface area (Å²) in [6.07, 6.45) is 4.73. The summed E-state index contributed by atoms with van der Waals surface area (Å²) in [5.74, 6) is 2.25. The molecule has 1 amide bonds. The van der Waals surface area contributed by atoms with Crippen LogP contribution in [0.3, 0.4) is 0 Å². The number of rotatable bonds is 6. The standard InChI is InChI=1S/C21H26N4O3/c26-19-12-16-14-25(21-22-8-4-9-23-21)13-15(16)11-18(19)24-20(27)7-10-28-17-5-2-1-3-6-17/h1-6,8-9,15-16,18-19,26H,7,10-14H2,(H,24,27)/t15-,16+,18-,19-/m0/s1. The van der Waals surface area contributed by atoms with E-state index in [2.05, 4.69) is 20.2 Å². The van der Waals surface area contributed by atoms with Gasteiger partial charge >= 0.3 is 0 Å². The molecule has 148 valence electrons. The monoisotopic (exact) mass is 382 g/mol. The summed E-state index contributed by atoms with van der Waals surface area (Å²) >= 11 is 0. The van der Waals surface area contributed by atoms with Gasteiger partial charge in [-0.3, -0.25) is 4.79 Å². The van der Waals surface area contributed by atoms with Crippen LogP contribution in [0.15, 0.2) is 48.8 Å². The van der Waals surface area contributed by atoms with Crippen molar-refractivity contribution < 1.29 is 14.6 Å². The first-order valence-electron chi connectivity index (χ1n) is 9.86. The maximum Gasteiger partial charge on any atom is 0.225 e. The van der Waals surface area contributed by atoms with Gasteiger partial charge in [0.05, 0.1) is 25.2 Å². The molecule has 2 N–H and O–H groups in total. The van der Waals surface area contributed by atoms with E-state index in [-0.39, 0.29) is 18.4 Å². The van der Waals surface area contributed by atoms with Crippen LogP contribution in [0.5, 0.6) is 5.75 Å². The molecule has 4 atom stereocenters. The molecule has 2 aliphatic rings. The first kappa shape index (κ1) is 18.7. The molecule has 1 aromatic carbocycles. The Balaban J connectivity index is 1.26. The van der Waals surface area contributed by atoms with Crippen molar-refractivity contribution in [2.45, 2.75) is 31.4 Å². The molecule has 1 aromatic heterocycles. The summed E-state index contributed by atoms with van der Waals surface area (Å²) in [5, 5.41) is 13.5. The molecule has 7 nitrogen and oxygen atoms in total. The van der Waals surface area contributed by atoms with Gasteiger partial charge in [0.25, 0.3) is 0 Å². The number of para-hydroxylation sites is 1. The zero-order valence-corrected chi connectivity index (χ0v) is 15.8. The van der Waals surface area contributed by atoms with Crippen molar-refractivity contribution in [3.8, 4) is 5.75 Å². The molecular weight excluding hydrogens is 356 g/mol. The Morgan fingerprint density at radius 3 is 2.57 bits per heavy atom. The summed E-state index contributed by atoms with van der Waals surface area (Å²) in [4.78, 5) is 23.1. The molecule has 1 aliphatic heterocycles. The van der Waals surface area contributed by atoms with Crippen molar-refractivity contribution in [1.29, 1.82) is 0 Å². The summed E-state index contributed by atoms with van der Waals surface area (Å²) in [5.41, 5.74) is 0. The van der Waals surface area contributed by atoms with Crippen molar-refractivity contribution >= 4 is 11.9 Å². The maximum absolute atomic E-state index is 12.3. The Hall–Kier alpha value is -2.67. The highest BCUT2D eigenvalue weighted by atomic mass is 16.5. The first-order valence-corrected chi connectivity index (χ1v) is 9.86. The Bertz CT molecular complexity index is 774. The number of benzene rings is 1. The molecule has 0 bridgehead atoms. The molecule has 1 aliphatic carbocycles. The lowest BCUT2D eigenvalue weighted by atomic mass is 9.77. The number of ether oxygens (including phenoxy) is 1. The van der Waals surface area contributed by atoms with E-state index in [0.717, 1.165) is 31.2 Å². The SMILES string of the molecule is O=C(CCOc1ccccc1)N[C@H]1C[C@H]2CN(c3ncccn3)C[C@H]2C[C@@H]1O. The second-order valence-corrected chi connectivity index (χ2v) is 7.60. The number of aliphatic hydroxyl groups excluding tert-OH is 1. The number of nitrogens with one attached hydrogen (secondary N) is 1. The van der Waals surface area contributed by atoms with Gasteiger partial charge in [-0.2, -0.15) is 0 Å². The number of nitrogens with zero attached hydrogens (tertiary/aromatic N) is 3. The van der Waals surface area contributed by atoms with Crippen LogP contribution in [-0.4, -0.2) is 52.8 Å². The number of aliphatic hydroxyl groups is 1. The van der Waals surface area contributed by atoms with E-state index in [1.807, 2.05) is 36.4 Å². The molecule has 28 heavy (non-hydrogen) atoms. The average Bonchev–Trinajstić information content (AvgIpc) is 3.12. The third-order valence-electron chi connectivity index (χ3n) is 5.66. The van der Waals surface area contributed by atoms with E-state index in [0.29, 0.717) is 24.9 Å². The molecule has 2 aromatic rings. The van der Waals surface area contributed by atoms with E-state index < -0.39 is 6.10 Å². The molecule has 0 spiro atoms. The van der Waals surface area contributed by atoms with Gasteiger partial charge in [-0.05, 0) is 42.9 Å². The van der Waals surface area contributed by atoms with Crippen LogP contribution in [0.2, 0.25) is 0 Å². The number of carbonyl (C=O) groups excluding carboxylic acids is 1. The third-order valence-corrected chi connectivity index (χ3v) is 5.66. The fourth-order valence-corrected chi connectivity index (χ4v) is 4.26. The lowest BCUT2D eigenvalue weighted by Crippen LogP contribution is -2.49. The first-order chi connectivity index (χ1) is 13.7. The molecule has 1 saturated heterocycles. The molecule has 0 unspecified atom stereocenters. The number of hydrogen-bond donors (Lipinski definition) is 2. The normalized spacial score (nSPS) is 26.5. The van der Waals surface area contributed by atoms with E-state index >= 15 is 0 Å². The molecule has 0 radical (unpaired) electrons. The largest absolute Gasteiger partial charge is 0.493 e. The van der Waals surface area contributed by atoms with Crippen LogP contribution in [0.1, 0.15) is 19.3 Å². The third kappa shape index (κ3) is 4.42. The van der Waals surface area contributed by atoms with Gasteiger partial charge in [0.2, 0.25) is 11.9 Å². The number of hydrogen-bond acceptors (Lipinski definition) is 6. The Labute approximate surface area is 164 Å². The fraction of sp³-hybridized carbons (Fsp3) is 0.476. The second-order valence-electron chi connectivity index (χ2n) is 7.60.